The number of carbonyl (C=O) groups excluding carboxylic acids is 1. The van der Waals surface area contributed by atoms with E-state index in [-0.39, 0.29) is 6.54 Å². The number of carboxylic acid groups (broad SMARTS) is 1. The molecule has 24 heavy (non-hydrogen) atoms. The summed E-state index contributed by atoms with van der Waals surface area (Å²) in [6, 6.07) is -0.411. The van der Waals surface area contributed by atoms with Crippen LogP contribution in [0.15, 0.2) is 5.11 Å². The van der Waals surface area contributed by atoms with Crippen LogP contribution in [0.25, 0.3) is 10.4 Å². The van der Waals surface area contributed by atoms with Crippen LogP contribution in [-0.2, 0) is 4.74 Å². The molecule has 0 bridgehead atoms. The van der Waals surface area contributed by atoms with Crippen molar-refractivity contribution in [2.45, 2.75) is 71.6 Å². The molecule has 0 saturated heterocycles. The zero-order valence-electron chi connectivity index (χ0n) is 15.4. The summed E-state index contributed by atoms with van der Waals surface area (Å²) in [6.45, 7) is 11.1. The molecule has 1 atom stereocenters. The topological polar surface area (TPSA) is 128 Å². The van der Waals surface area contributed by atoms with Gasteiger partial charge >= 0.3 is 12.2 Å². The molecular formula is C15H29N5O4. The van der Waals surface area contributed by atoms with E-state index in [4.69, 9.17) is 10.3 Å². The lowest BCUT2D eigenvalue weighted by Crippen LogP contribution is -2.46. The molecule has 0 saturated carbocycles. The minimum absolute atomic E-state index is 0.0817. The minimum Gasteiger partial charge on any atom is -0.465 e. The first-order valence-electron chi connectivity index (χ1n) is 7.87. The number of carbonyl (C=O) groups is 2. The van der Waals surface area contributed by atoms with Crippen LogP contribution in [0.1, 0.15) is 54.4 Å². The highest BCUT2D eigenvalue weighted by atomic mass is 16.6. The summed E-state index contributed by atoms with van der Waals surface area (Å²) in [7, 11) is 0. The Kier molecular flexibility index (Phi) is 8.39. The van der Waals surface area contributed by atoms with Crippen LogP contribution in [0.5, 0.6) is 0 Å². The lowest BCUT2D eigenvalue weighted by atomic mass is 10.1. The van der Waals surface area contributed by atoms with E-state index < -0.39 is 29.4 Å². The maximum atomic E-state index is 11.8. The van der Waals surface area contributed by atoms with Crippen LogP contribution < -0.4 is 5.32 Å². The van der Waals surface area contributed by atoms with E-state index >= 15 is 0 Å². The van der Waals surface area contributed by atoms with Crippen molar-refractivity contribution in [1.82, 2.24) is 10.2 Å². The van der Waals surface area contributed by atoms with Crippen LogP contribution in [0.2, 0.25) is 0 Å². The SMILES string of the molecule is CC(C)(C)OC(=O)N[C@@H](CCCN(C(=O)O)C(C)(C)C)CN=[N+]=[N-]. The number of ether oxygens (including phenoxy) is 1. The standard InChI is InChI=1S/C15H29N5O4/c1-14(2,3)20(13(22)23)9-7-8-11(10-17-19-16)18-12(21)24-15(4,5)6/h11H,7-10H2,1-6H3,(H,18,21)(H,22,23)/t11-/m0/s1. The first-order valence-corrected chi connectivity index (χ1v) is 7.87. The molecule has 0 rings (SSSR count). The van der Waals surface area contributed by atoms with Gasteiger partial charge in [0.2, 0.25) is 0 Å². The molecule has 138 valence electrons. The normalized spacial score (nSPS) is 12.8. The third kappa shape index (κ3) is 9.78. The van der Waals surface area contributed by atoms with Gasteiger partial charge in [0.15, 0.2) is 0 Å². The molecule has 0 aliphatic heterocycles. The van der Waals surface area contributed by atoms with Crippen molar-refractivity contribution in [1.29, 1.82) is 0 Å². The second-order valence-corrected chi connectivity index (χ2v) is 7.50. The van der Waals surface area contributed by atoms with Crippen LogP contribution in [0, 0.1) is 0 Å². The fourth-order valence-corrected chi connectivity index (χ4v) is 2.03. The van der Waals surface area contributed by atoms with Crippen molar-refractivity contribution < 1.29 is 19.4 Å². The van der Waals surface area contributed by atoms with Crippen molar-refractivity contribution in [2.75, 3.05) is 13.1 Å². The molecule has 0 aliphatic rings. The molecule has 0 unspecified atom stereocenters. The van der Waals surface area contributed by atoms with Gasteiger partial charge in [-0.2, -0.15) is 0 Å². The number of hydrogen-bond donors (Lipinski definition) is 2. The van der Waals surface area contributed by atoms with E-state index in [0.29, 0.717) is 19.4 Å². The van der Waals surface area contributed by atoms with E-state index in [2.05, 4.69) is 15.3 Å². The fraction of sp³-hybridized carbons (Fsp3) is 0.867. The molecule has 0 radical (unpaired) electrons. The second-order valence-electron chi connectivity index (χ2n) is 7.50. The summed E-state index contributed by atoms with van der Waals surface area (Å²) in [5.74, 6) is 0. The first-order chi connectivity index (χ1) is 10.9. The van der Waals surface area contributed by atoms with E-state index in [0.717, 1.165) is 0 Å². The second kappa shape index (κ2) is 9.22. The summed E-state index contributed by atoms with van der Waals surface area (Å²) < 4.78 is 5.18. The van der Waals surface area contributed by atoms with Gasteiger partial charge in [-0.15, -0.1) is 0 Å². The van der Waals surface area contributed by atoms with Gasteiger partial charge in [0, 0.05) is 29.6 Å². The number of amides is 2. The van der Waals surface area contributed by atoms with E-state index in [1.54, 1.807) is 20.8 Å². The van der Waals surface area contributed by atoms with Gasteiger partial charge in [-0.3, -0.25) is 0 Å². The number of azide groups is 1. The highest BCUT2D eigenvalue weighted by molar-refractivity contribution is 5.68. The lowest BCUT2D eigenvalue weighted by molar-refractivity contribution is 0.0499. The molecular weight excluding hydrogens is 314 g/mol. The fourth-order valence-electron chi connectivity index (χ4n) is 2.03. The minimum atomic E-state index is -0.991. The Morgan fingerprint density at radius 2 is 1.88 bits per heavy atom. The highest BCUT2D eigenvalue weighted by Gasteiger charge is 2.26. The summed E-state index contributed by atoms with van der Waals surface area (Å²) in [4.78, 5) is 27.2. The van der Waals surface area contributed by atoms with Crippen molar-refractivity contribution in [3.8, 4) is 0 Å². The quantitative estimate of drug-likeness (QED) is 0.414. The summed E-state index contributed by atoms with van der Waals surface area (Å²) in [6.07, 6.45) is -0.593. The van der Waals surface area contributed by atoms with Gasteiger partial charge in [0.25, 0.3) is 0 Å². The Balaban J connectivity index is 4.66. The maximum absolute atomic E-state index is 11.8. The molecule has 0 heterocycles. The van der Waals surface area contributed by atoms with Gasteiger partial charge in [-0.05, 0) is 59.9 Å². The third-order valence-electron chi connectivity index (χ3n) is 3.06. The summed E-state index contributed by atoms with van der Waals surface area (Å²) in [5, 5.41) is 15.4. The Bertz CT molecular complexity index is 475. The van der Waals surface area contributed by atoms with Gasteiger partial charge in [0.05, 0.1) is 0 Å². The largest absolute Gasteiger partial charge is 0.465 e. The Hall–Kier alpha value is -2.15. The zero-order chi connectivity index (χ0) is 19.0. The summed E-state index contributed by atoms with van der Waals surface area (Å²) in [5.41, 5.74) is 7.32. The molecule has 0 aromatic heterocycles. The van der Waals surface area contributed by atoms with E-state index in [1.165, 1.54) is 4.90 Å². The molecule has 0 fully saturated rings. The smallest absolute Gasteiger partial charge is 0.407 e. The van der Waals surface area contributed by atoms with Crippen molar-refractivity contribution in [3.63, 3.8) is 0 Å². The number of alkyl carbamates (subject to hydrolysis) is 1. The first kappa shape index (κ1) is 21.9. The predicted molar refractivity (Wildman–Crippen MR) is 90.9 cm³/mol. The van der Waals surface area contributed by atoms with Gasteiger partial charge in [-0.25, -0.2) is 9.59 Å². The maximum Gasteiger partial charge on any atom is 0.407 e. The lowest BCUT2D eigenvalue weighted by Gasteiger charge is -2.33. The molecule has 9 heteroatoms. The highest BCUT2D eigenvalue weighted by Crippen LogP contribution is 2.15. The van der Waals surface area contributed by atoms with Gasteiger partial charge < -0.3 is 20.1 Å². The van der Waals surface area contributed by atoms with Crippen LogP contribution >= 0.6 is 0 Å². The van der Waals surface area contributed by atoms with Gasteiger partial charge in [0.1, 0.15) is 5.60 Å². The third-order valence-corrected chi connectivity index (χ3v) is 3.06. The van der Waals surface area contributed by atoms with Crippen LogP contribution in [0.4, 0.5) is 9.59 Å². The molecule has 0 aromatic carbocycles. The molecule has 2 N–H and O–H groups in total. The average molecular weight is 343 g/mol. The zero-order valence-corrected chi connectivity index (χ0v) is 15.4. The Labute approximate surface area is 143 Å². The van der Waals surface area contributed by atoms with E-state index in [9.17, 15) is 14.7 Å². The predicted octanol–water partition coefficient (Wildman–Crippen LogP) is 3.75. The number of hydrogen-bond acceptors (Lipinski definition) is 4. The molecule has 0 aliphatic carbocycles. The van der Waals surface area contributed by atoms with Gasteiger partial charge in [-0.1, -0.05) is 5.11 Å². The molecule has 0 aromatic rings. The average Bonchev–Trinajstić information content (AvgIpc) is 2.36. The summed E-state index contributed by atoms with van der Waals surface area (Å²) >= 11 is 0. The number of nitrogens with one attached hydrogen (secondary N) is 1. The van der Waals surface area contributed by atoms with Crippen LogP contribution in [0.3, 0.4) is 0 Å². The van der Waals surface area contributed by atoms with Crippen molar-refractivity contribution in [3.05, 3.63) is 10.4 Å². The Morgan fingerprint density at radius 3 is 2.29 bits per heavy atom. The molecule has 9 nitrogen and oxygen atoms in total. The number of rotatable bonds is 7. The van der Waals surface area contributed by atoms with E-state index in [1.807, 2.05) is 20.8 Å². The number of nitrogens with zero attached hydrogens (tertiary/aromatic N) is 4. The van der Waals surface area contributed by atoms with Crippen molar-refractivity contribution in [2.24, 2.45) is 5.11 Å². The van der Waals surface area contributed by atoms with Crippen LogP contribution in [-0.4, -0.2) is 52.5 Å². The monoisotopic (exact) mass is 343 g/mol. The molecule has 2 amide bonds. The Morgan fingerprint density at radius 1 is 1.29 bits per heavy atom. The van der Waals surface area contributed by atoms with Crippen molar-refractivity contribution >= 4 is 12.2 Å². The molecule has 0 spiro atoms.